The van der Waals surface area contributed by atoms with Gasteiger partial charge in [0, 0.05) is 21.7 Å². The lowest BCUT2D eigenvalue weighted by molar-refractivity contribution is -0.114. The summed E-state index contributed by atoms with van der Waals surface area (Å²) < 4.78 is 24.7. The van der Waals surface area contributed by atoms with Gasteiger partial charge in [0.05, 0.1) is 25.7 Å². The van der Waals surface area contributed by atoms with E-state index < -0.39 is 17.6 Å². The maximum Gasteiger partial charge on any atom is 0.272 e. The number of amides is 3. The number of carbonyl (C=O) groups is 3. The van der Waals surface area contributed by atoms with Crippen LogP contribution in [0.5, 0.6) is 11.5 Å². The zero-order chi connectivity index (χ0) is 29.9. The lowest BCUT2D eigenvalue weighted by Gasteiger charge is -2.14. The fourth-order valence-electron chi connectivity index (χ4n) is 3.88. The Morgan fingerprint density at radius 2 is 1.57 bits per heavy atom. The first-order valence-electron chi connectivity index (χ1n) is 12.8. The largest absolute Gasteiger partial charge is 0.493 e. The molecular formula is C32H28FN3O5S. The molecule has 0 heterocycles. The van der Waals surface area contributed by atoms with Gasteiger partial charge in [0.1, 0.15) is 11.5 Å². The van der Waals surface area contributed by atoms with Crippen LogP contribution in [-0.2, 0) is 9.59 Å². The van der Waals surface area contributed by atoms with E-state index in [9.17, 15) is 18.8 Å². The number of halogens is 1. The van der Waals surface area contributed by atoms with Crippen molar-refractivity contribution < 1.29 is 28.2 Å². The van der Waals surface area contributed by atoms with Crippen molar-refractivity contribution in [1.29, 1.82) is 0 Å². The molecule has 0 fully saturated rings. The molecule has 0 bridgehead atoms. The van der Waals surface area contributed by atoms with Crippen LogP contribution in [0.4, 0.5) is 15.8 Å². The third-order valence-electron chi connectivity index (χ3n) is 5.87. The van der Waals surface area contributed by atoms with Gasteiger partial charge in [-0.05, 0) is 54.6 Å². The molecule has 0 saturated heterocycles. The van der Waals surface area contributed by atoms with Crippen LogP contribution in [0.2, 0.25) is 0 Å². The number of ether oxygens (including phenoxy) is 2. The molecule has 0 atom stereocenters. The van der Waals surface area contributed by atoms with Crippen molar-refractivity contribution in [3.63, 3.8) is 0 Å². The summed E-state index contributed by atoms with van der Waals surface area (Å²) in [6, 6.07) is 26.5. The number of hydrogen-bond donors (Lipinski definition) is 3. The van der Waals surface area contributed by atoms with Crippen LogP contribution in [0.1, 0.15) is 15.9 Å². The summed E-state index contributed by atoms with van der Waals surface area (Å²) in [4.78, 5) is 39.5. The van der Waals surface area contributed by atoms with Gasteiger partial charge >= 0.3 is 0 Å². The molecule has 0 aliphatic heterocycles. The first-order valence-corrected chi connectivity index (χ1v) is 13.7. The summed E-state index contributed by atoms with van der Waals surface area (Å²) in [7, 11) is 2.99. The van der Waals surface area contributed by atoms with Crippen molar-refractivity contribution in [3.8, 4) is 11.5 Å². The zero-order valence-corrected chi connectivity index (χ0v) is 23.7. The highest BCUT2D eigenvalue weighted by Crippen LogP contribution is 2.32. The summed E-state index contributed by atoms with van der Waals surface area (Å²) in [5, 5.41) is 8.04. The molecular weight excluding hydrogens is 557 g/mol. The smallest absolute Gasteiger partial charge is 0.272 e. The molecule has 0 aromatic heterocycles. The Bertz CT molecular complexity index is 1610. The second kappa shape index (κ2) is 14.5. The molecule has 42 heavy (non-hydrogen) atoms. The highest BCUT2D eigenvalue weighted by Gasteiger charge is 2.18. The third kappa shape index (κ3) is 7.98. The SMILES string of the molecule is COc1cccc(/C=C(/NC(=O)c2ccccc2)C(=O)Nc2cccc(SCC(=O)Nc3ccccc3F)c2)c1OC. The number of rotatable bonds is 11. The van der Waals surface area contributed by atoms with Gasteiger partial charge in [0.2, 0.25) is 5.91 Å². The Balaban J connectivity index is 1.52. The van der Waals surface area contributed by atoms with E-state index in [1.54, 1.807) is 84.9 Å². The molecule has 0 spiro atoms. The molecule has 4 aromatic rings. The van der Waals surface area contributed by atoms with Crippen LogP contribution in [0.25, 0.3) is 6.08 Å². The van der Waals surface area contributed by atoms with Crippen LogP contribution in [0, 0.1) is 5.82 Å². The Hall–Kier alpha value is -5.09. The molecule has 0 aliphatic carbocycles. The summed E-state index contributed by atoms with van der Waals surface area (Å²) >= 11 is 1.22. The highest BCUT2D eigenvalue weighted by molar-refractivity contribution is 8.00. The Morgan fingerprint density at radius 3 is 2.31 bits per heavy atom. The number of nitrogens with one attached hydrogen (secondary N) is 3. The van der Waals surface area contributed by atoms with E-state index >= 15 is 0 Å². The predicted octanol–water partition coefficient (Wildman–Crippen LogP) is 5.98. The molecule has 0 aliphatic rings. The first kappa shape index (κ1) is 29.9. The Morgan fingerprint density at radius 1 is 0.833 bits per heavy atom. The normalized spacial score (nSPS) is 10.9. The van der Waals surface area contributed by atoms with Crippen molar-refractivity contribution in [1.82, 2.24) is 5.32 Å². The molecule has 8 nitrogen and oxygen atoms in total. The second-order valence-electron chi connectivity index (χ2n) is 8.76. The molecule has 0 saturated carbocycles. The number of para-hydroxylation sites is 2. The van der Waals surface area contributed by atoms with Gasteiger partial charge in [0.15, 0.2) is 11.5 Å². The van der Waals surface area contributed by atoms with Gasteiger partial charge in [0.25, 0.3) is 11.8 Å². The van der Waals surface area contributed by atoms with Crippen molar-refractivity contribution in [2.45, 2.75) is 4.90 Å². The molecule has 0 radical (unpaired) electrons. The van der Waals surface area contributed by atoms with Gasteiger partial charge in [-0.2, -0.15) is 0 Å². The van der Waals surface area contributed by atoms with Crippen LogP contribution in [0.3, 0.4) is 0 Å². The number of carbonyl (C=O) groups excluding carboxylic acids is 3. The molecule has 10 heteroatoms. The zero-order valence-electron chi connectivity index (χ0n) is 22.8. The molecule has 4 aromatic carbocycles. The van der Waals surface area contributed by atoms with E-state index in [1.807, 2.05) is 0 Å². The minimum atomic E-state index is -0.580. The quantitative estimate of drug-likeness (QED) is 0.148. The van der Waals surface area contributed by atoms with Crippen molar-refractivity contribution in [3.05, 3.63) is 120 Å². The van der Waals surface area contributed by atoms with Gasteiger partial charge < -0.3 is 25.4 Å². The van der Waals surface area contributed by atoms with Crippen LogP contribution in [0.15, 0.2) is 108 Å². The molecule has 0 unspecified atom stereocenters. The van der Waals surface area contributed by atoms with E-state index in [2.05, 4.69) is 16.0 Å². The number of thioether (sulfide) groups is 1. The minimum absolute atomic E-state index is 0.0274. The number of hydrogen-bond acceptors (Lipinski definition) is 6. The summed E-state index contributed by atoms with van der Waals surface area (Å²) in [5.74, 6) is -1.06. The maximum atomic E-state index is 13.8. The topological polar surface area (TPSA) is 106 Å². The lowest BCUT2D eigenvalue weighted by atomic mass is 10.1. The summed E-state index contributed by atoms with van der Waals surface area (Å²) in [6.45, 7) is 0. The van der Waals surface area contributed by atoms with Crippen molar-refractivity contribution in [2.24, 2.45) is 0 Å². The Kier molecular flexibility index (Phi) is 10.3. The van der Waals surface area contributed by atoms with E-state index in [0.29, 0.717) is 33.2 Å². The fraction of sp³-hybridized carbons (Fsp3) is 0.0938. The molecule has 3 amide bonds. The third-order valence-corrected chi connectivity index (χ3v) is 6.87. The standard InChI is InChI=1S/C32H28FN3O5S/c1-40-28-17-8-12-22(30(28)41-2)18-27(36-31(38)21-10-4-3-5-11-21)32(39)34-23-13-9-14-24(19-23)42-20-29(37)35-26-16-7-6-15-25(26)33/h3-19H,20H2,1-2H3,(H,34,39)(H,35,37)(H,36,38)/b27-18+. The van der Waals surface area contributed by atoms with Crippen molar-refractivity contribution >= 4 is 46.9 Å². The number of benzene rings is 4. The second-order valence-corrected chi connectivity index (χ2v) is 9.81. The lowest BCUT2D eigenvalue weighted by Crippen LogP contribution is -2.30. The fourth-order valence-corrected chi connectivity index (χ4v) is 4.64. The predicted molar refractivity (Wildman–Crippen MR) is 162 cm³/mol. The van der Waals surface area contributed by atoms with Crippen molar-refractivity contribution in [2.75, 3.05) is 30.6 Å². The van der Waals surface area contributed by atoms with E-state index in [0.717, 1.165) is 0 Å². The highest BCUT2D eigenvalue weighted by atomic mass is 32.2. The molecule has 4 rings (SSSR count). The van der Waals surface area contributed by atoms with Gasteiger partial charge in [-0.3, -0.25) is 14.4 Å². The average molecular weight is 586 g/mol. The van der Waals surface area contributed by atoms with Crippen LogP contribution < -0.4 is 25.4 Å². The van der Waals surface area contributed by atoms with E-state index in [4.69, 9.17) is 9.47 Å². The molecule has 3 N–H and O–H groups in total. The van der Waals surface area contributed by atoms with Crippen LogP contribution in [-0.4, -0.2) is 37.7 Å². The number of methoxy groups -OCH3 is 2. The minimum Gasteiger partial charge on any atom is -0.493 e. The molecule has 214 valence electrons. The average Bonchev–Trinajstić information content (AvgIpc) is 3.01. The van der Waals surface area contributed by atoms with Gasteiger partial charge in [-0.1, -0.05) is 48.5 Å². The van der Waals surface area contributed by atoms with Gasteiger partial charge in [-0.15, -0.1) is 11.8 Å². The Labute approximate surface area is 246 Å². The summed E-state index contributed by atoms with van der Waals surface area (Å²) in [6.07, 6.45) is 1.50. The monoisotopic (exact) mass is 585 g/mol. The van der Waals surface area contributed by atoms with E-state index in [-0.39, 0.29) is 23.0 Å². The maximum absolute atomic E-state index is 13.8. The number of anilines is 2. The first-order chi connectivity index (χ1) is 20.4. The van der Waals surface area contributed by atoms with Gasteiger partial charge in [-0.25, -0.2) is 4.39 Å². The van der Waals surface area contributed by atoms with E-state index in [1.165, 1.54) is 44.2 Å². The van der Waals surface area contributed by atoms with Crippen LogP contribution >= 0.6 is 11.8 Å². The summed E-state index contributed by atoms with van der Waals surface area (Å²) in [5.41, 5.74) is 1.41.